The van der Waals surface area contributed by atoms with E-state index in [0.29, 0.717) is 6.54 Å². The lowest BCUT2D eigenvalue weighted by Gasteiger charge is -1.91. The van der Waals surface area contributed by atoms with E-state index >= 15 is 0 Å². The van der Waals surface area contributed by atoms with E-state index in [2.05, 4.69) is 19.6 Å². The fraction of sp³-hybridized carbons (Fsp3) is 0.429. The fourth-order valence-electron chi connectivity index (χ4n) is 0.512. The van der Waals surface area contributed by atoms with Gasteiger partial charge in [0, 0.05) is 6.54 Å². The molecule has 0 radical (unpaired) electrons. The lowest BCUT2D eigenvalue weighted by Crippen LogP contribution is -1.99. The van der Waals surface area contributed by atoms with Gasteiger partial charge in [-0.1, -0.05) is 25.7 Å². The molecule has 1 heteroatoms. The topological polar surface area (TPSA) is 26.0 Å². The highest BCUT2D eigenvalue weighted by Gasteiger charge is 1.80. The predicted octanol–water partition coefficient (Wildman–Crippen LogP) is 1.47. The first-order chi connectivity index (χ1) is 3.85. The lowest BCUT2D eigenvalue weighted by atomic mass is 10.2. The highest BCUT2D eigenvalue weighted by molar-refractivity contribution is 5.16. The van der Waals surface area contributed by atoms with Gasteiger partial charge >= 0.3 is 0 Å². The van der Waals surface area contributed by atoms with Crippen molar-refractivity contribution in [2.45, 2.75) is 13.3 Å². The van der Waals surface area contributed by atoms with Crippen LogP contribution < -0.4 is 5.73 Å². The van der Waals surface area contributed by atoms with Gasteiger partial charge < -0.3 is 5.73 Å². The third-order valence-corrected chi connectivity index (χ3v) is 0.964. The Morgan fingerprint density at radius 2 is 2.38 bits per heavy atom. The average molecular weight is 111 g/mol. The summed E-state index contributed by atoms with van der Waals surface area (Å²) >= 11 is 0. The molecule has 0 aromatic carbocycles. The van der Waals surface area contributed by atoms with Gasteiger partial charge in [0.1, 0.15) is 0 Å². The number of hydrogen-bond acceptors (Lipinski definition) is 1. The Bertz CT molecular complexity index is 92.6. The van der Waals surface area contributed by atoms with E-state index in [4.69, 9.17) is 5.73 Å². The third-order valence-electron chi connectivity index (χ3n) is 0.964. The molecule has 0 spiro atoms. The Morgan fingerprint density at radius 1 is 1.75 bits per heavy atom. The van der Waals surface area contributed by atoms with Crippen LogP contribution in [-0.2, 0) is 0 Å². The molecule has 0 aliphatic heterocycles. The van der Waals surface area contributed by atoms with Crippen LogP contribution in [0.25, 0.3) is 0 Å². The first-order valence-electron chi connectivity index (χ1n) is 2.86. The molecule has 0 unspecified atom stereocenters. The van der Waals surface area contributed by atoms with Gasteiger partial charge in [-0.05, 0) is 12.0 Å². The van der Waals surface area contributed by atoms with Crippen molar-refractivity contribution >= 4 is 0 Å². The van der Waals surface area contributed by atoms with Gasteiger partial charge in [-0.15, -0.1) is 0 Å². The third kappa shape index (κ3) is 2.59. The Morgan fingerprint density at radius 3 is 2.50 bits per heavy atom. The molecular formula is C7H13N. The monoisotopic (exact) mass is 111 g/mol. The van der Waals surface area contributed by atoms with Gasteiger partial charge in [-0.25, -0.2) is 0 Å². The van der Waals surface area contributed by atoms with Crippen LogP contribution in [0.4, 0.5) is 0 Å². The Hall–Kier alpha value is -0.560. The van der Waals surface area contributed by atoms with Crippen LogP contribution in [0.1, 0.15) is 13.3 Å². The van der Waals surface area contributed by atoms with Crippen LogP contribution in [0.15, 0.2) is 24.3 Å². The summed E-state index contributed by atoms with van der Waals surface area (Å²) in [5, 5.41) is 0. The van der Waals surface area contributed by atoms with Crippen molar-refractivity contribution in [2.24, 2.45) is 5.73 Å². The van der Waals surface area contributed by atoms with Crippen LogP contribution in [0.2, 0.25) is 0 Å². The van der Waals surface area contributed by atoms with Crippen LogP contribution >= 0.6 is 0 Å². The maximum absolute atomic E-state index is 5.33. The van der Waals surface area contributed by atoms with Crippen molar-refractivity contribution in [3.63, 3.8) is 0 Å². The maximum atomic E-state index is 5.33. The molecule has 8 heavy (non-hydrogen) atoms. The van der Waals surface area contributed by atoms with Crippen molar-refractivity contribution in [2.75, 3.05) is 6.54 Å². The Kier molecular flexibility index (Phi) is 4.27. The van der Waals surface area contributed by atoms with Crippen LogP contribution in [-0.4, -0.2) is 6.54 Å². The summed E-state index contributed by atoms with van der Waals surface area (Å²) in [5.74, 6) is 0. The molecule has 0 bridgehead atoms. The molecule has 1 nitrogen and oxygen atoms in total. The average Bonchev–Trinajstić information content (AvgIpc) is 1.83. The van der Waals surface area contributed by atoms with Crippen LogP contribution in [0, 0.1) is 0 Å². The summed E-state index contributed by atoms with van der Waals surface area (Å²) in [4.78, 5) is 0. The molecule has 0 aromatic heterocycles. The summed E-state index contributed by atoms with van der Waals surface area (Å²) in [5.41, 5.74) is 6.46. The molecule has 2 N–H and O–H groups in total. The number of nitrogens with two attached hydrogens (primary N) is 1. The van der Waals surface area contributed by atoms with Crippen molar-refractivity contribution in [3.05, 3.63) is 24.3 Å². The summed E-state index contributed by atoms with van der Waals surface area (Å²) < 4.78 is 0. The van der Waals surface area contributed by atoms with Crippen LogP contribution in [0.3, 0.4) is 0 Å². The minimum absolute atomic E-state index is 0.608. The maximum Gasteiger partial charge on any atom is 0.0174 e. The molecule has 0 aliphatic rings. The lowest BCUT2D eigenvalue weighted by molar-refractivity contribution is 1.13. The molecular weight excluding hydrogens is 98.1 g/mol. The second kappa shape index (κ2) is 4.60. The zero-order valence-electron chi connectivity index (χ0n) is 5.35. The predicted molar refractivity (Wildman–Crippen MR) is 37.6 cm³/mol. The summed E-state index contributed by atoms with van der Waals surface area (Å²) in [7, 11) is 0. The van der Waals surface area contributed by atoms with Gasteiger partial charge in [-0.3, -0.25) is 0 Å². The SMILES string of the molecule is C=C/C(=C\CC)CN. The molecule has 0 atom stereocenters. The van der Waals surface area contributed by atoms with Gasteiger partial charge in [0.2, 0.25) is 0 Å². The van der Waals surface area contributed by atoms with E-state index in [-0.39, 0.29) is 0 Å². The van der Waals surface area contributed by atoms with Crippen molar-refractivity contribution in [1.29, 1.82) is 0 Å². The van der Waals surface area contributed by atoms with E-state index in [9.17, 15) is 0 Å². The number of allylic oxidation sites excluding steroid dienone is 1. The van der Waals surface area contributed by atoms with Crippen molar-refractivity contribution in [1.82, 2.24) is 0 Å². The van der Waals surface area contributed by atoms with Gasteiger partial charge in [0.25, 0.3) is 0 Å². The van der Waals surface area contributed by atoms with Gasteiger partial charge in [-0.2, -0.15) is 0 Å². The standard InChI is InChI=1S/C7H13N/c1-3-5-7(4-2)6-8/h4-5H,2-3,6,8H2,1H3/b7-5+. The highest BCUT2D eigenvalue weighted by Crippen LogP contribution is 1.92. The van der Waals surface area contributed by atoms with Gasteiger partial charge in [0.05, 0.1) is 0 Å². The minimum Gasteiger partial charge on any atom is -0.327 e. The van der Waals surface area contributed by atoms with E-state index < -0.39 is 0 Å². The van der Waals surface area contributed by atoms with E-state index in [1.165, 1.54) is 0 Å². The van der Waals surface area contributed by atoms with E-state index in [1.54, 1.807) is 6.08 Å². The smallest absolute Gasteiger partial charge is 0.0174 e. The number of hydrogen-bond donors (Lipinski definition) is 1. The van der Waals surface area contributed by atoms with Crippen molar-refractivity contribution < 1.29 is 0 Å². The largest absolute Gasteiger partial charge is 0.327 e. The fourth-order valence-corrected chi connectivity index (χ4v) is 0.512. The Labute approximate surface area is 50.9 Å². The van der Waals surface area contributed by atoms with Crippen molar-refractivity contribution in [3.8, 4) is 0 Å². The minimum atomic E-state index is 0.608. The zero-order valence-corrected chi connectivity index (χ0v) is 5.35. The summed E-state index contributed by atoms with van der Waals surface area (Å²) in [6.07, 6.45) is 4.91. The van der Waals surface area contributed by atoms with Gasteiger partial charge in [0.15, 0.2) is 0 Å². The summed E-state index contributed by atoms with van der Waals surface area (Å²) in [6, 6.07) is 0. The molecule has 46 valence electrons. The van der Waals surface area contributed by atoms with Crippen LogP contribution in [0.5, 0.6) is 0 Å². The molecule has 0 aliphatic carbocycles. The molecule has 0 heterocycles. The molecule has 0 aromatic rings. The Balaban J connectivity index is 3.66. The molecule has 0 saturated carbocycles. The number of rotatable bonds is 3. The molecule has 0 amide bonds. The second-order valence-electron chi connectivity index (χ2n) is 1.60. The second-order valence-corrected chi connectivity index (χ2v) is 1.60. The zero-order chi connectivity index (χ0) is 6.41. The summed E-state index contributed by atoms with van der Waals surface area (Å²) in [6.45, 7) is 6.29. The van der Waals surface area contributed by atoms with E-state index in [1.807, 2.05) is 0 Å². The first kappa shape index (κ1) is 7.44. The van der Waals surface area contributed by atoms with E-state index in [0.717, 1.165) is 12.0 Å². The molecule has 0 saturated heterocycles. The first-order valence-corrected chi connectivity index (χ1v) is 2.86. The molecule has 0 rings (SSSR count). The highest BCUT2D eigenvalue weighted by atomic mass is 14.5. The quantitative estimate of drug-likeness (QED) is 0.548. The molecule has 0 fully saturated rings. The normalized spacial score (nSPS) is 11.5.